The minimum Gasteiger partial charge on any atom is -0.351 e. The predicted molar refractivity (Wildman–Crippen MR) is 199 cm³/mol. The number of sulfone groups is 1. The van der Waals surface area contributed by atoms with Crippen LogP contribution in [0.15, 0.2) is 53.6 Å². The van der Waals surface area contributed by atoms with Crippen molar-refractivity contribution in [3.63, 3.8) is 0 Å². The van der Waals surface area contributed by atoms with Gasteiger partial charge in [0.25, 0.3) is 10.0 Å². The number of aromatic nitrogens is 3. The van der Waals surface area contributed by atoms with Crippen molar-refractivity contribution in [1.29, 1.82) is 0 Å². The van der Waals surface area contributed by atoms with Gasteiger partial charge >= 0.3 is 0 Å². The molecular formula is C36H38F5N7O4S3. The van der Waals surface area contributed by atoms with Crippen LogP contribution in [-0.2, 0) is 19.9 Å². The van der Waals surface area contributed by atoms with Crippen LogP contribution < -0.4 is 14.9 Å². The van der Waals surface area contributed by atoms with Crippen molar-refractivity contribution in [2.75, 3.05) is 39.5 Å². The molecule has 3 aliphatic heterocycles. The van der Waals surface area contributed by atoms with Crippen molar-refractivity contribution in [3.8, 4) is 21.8 Å². The van der Waals surface area contributed by atoms with Crippen LogP contribution in [0.2, 0.25) is 0 Å². The van der Waals surface area contributed by atoms with E-state index in [2.05, 4.69) is 20.1 Å². The summed E-state index contributed by atoms with van der Waals surface area (Å²) in [5, 5.41) is 3.80. The van der Waals surface area contributed by atoms with E-state index < -0.39 is 53.8 Å². The molecule has 1 aliphatic carbocycles. The first-order chi connectivity index (χ1) is 26.2. The molecule has 5 heterocycles. The van der Waals surface area contributed by atoms with Gasteiger partial charge in [0, 0.05) is 61.9 Å². The molecule has 11 nitrogen and oxygen atoms in total. The third-order valence-electron chi connectivity index (χ3n) is 11.0. The van der Waals surface area contributed by atoms with Crippen LogP contribution >= 0.6 is 11.3 Å². The van der Waals surface area contributed by atoms with Gasteiger partial charge in [0.2, 0.25) is 11.9 Å². The van der Waals surface area contributed by atoms with Crippen LogP contribution in [0.3, 0.4) is 0 Å². The number of hydrogen-bond acceptors (Lipinski definition) is 11. The Kier molecular flexibility index (Phi) is 10.0. The number of nitrogens with one attached hydrogen (secondary N) is 2. The molecule has 0 spiro atoms. The van der Waals surface area contributed by atoms with Crippen LogP contribution in [0, 0.1) is 17.5 Å². The van der Waals surface area contributed by atoms with E-state index in [0.29, 0.717) is 54.5 Å². The van der Waals surface area contributed by atoms with Gasteiger partial charge in [-0.25, -0.2) is 53.7 Å². The number of sulfonamides is 1. The summed E-state index contributed by atoms with van der Waals surface area (Å²) in [6, 6.07) is 8.13. The van der Waals surface area contributed by atoms with Crippen LogP contribution in [0.5, 0.6) is 0 Å². The molecule has 2 N–H and O–H groups in total. The second kappa shape index (κ2) is 14.5. The summed E-state index contributed by atoms with van der Waals surface area (Å²) in [4.78, 5) is 17.8. The smallest absolute Gasteiger partial charge is 0.267 e. The van der Waals surface area contributed by atoms with Crippen LogP contribution in [0.1, 0.15) is 51.4 Å². The Labute approximate surface area is 319 Å². The lowest BCUT2D eigenvalue weighted by molar-refractivity contribution is -0.0555. The third kappa shape index (κ3) is 7.76. The van der Waals surface area contributed by atoms with E-state index in [1.54, 1.807) is 6.07 Å². The van der Waals surface area contributed by atoms with Gasteiger partial charge in [0.15, 0.2) is 15.8 Å². The summed E-state index contributed by atoms with van der Waals surface area (Å²) >= 11 is 1.28. The lowest BCUT2D eigenvalue weighted by Crippen LogP contribution is -2.57. The second-order valence-electron chi connectivity index (χ2n) is 14.7. The molecule has 1 saturated carbocycles. The molecule has 294 valence electrons. The van der Waals surface area contributed by atoms with Gasteiger partial charge in [-0.1, -0.05) is 23.5 Å². The lowest BCUT2D eigenvalue weighted by atomic mass is 9.90. The van der Waals surface area contributed by atoms with E-state index in [0.717, 1.165) is 37.1 Å². The largest absolute Gasteiger partial charge is 0.351 e. The Morgan fingerprint density at radius 1 is 0.836 bits per heavy atom. The van der Waals surface area contributed by atoms with Crippen molar-refractivity contribution in [2.45, 2.75) is 86.4 Å². The summed E-state index contributed by atoms with van der Waals surface area (Å²) < 4.78 is 126. The number of rotatable bonds is 9. The minimum atomic E-state index is -4.90. The van der Waals surface area contributed by atoms with E-state index in [4.69, 9.17) is 9.97 Å². The maximum Gasteiger partial charge on any atom is 0.267 e. The monoisotopic (exact) mass is 823 g/mol. The highest BCUT2D eigenvalue weighted by atomic mass is 32.2. The Morgan fingerprint density at radius 3 is 2.16 bits per heavy atom. The molecule has 2 aromatic heterocycles. The molecule has 8 rings (SSSR count). The Bertz CT molecular complexity index is 2270. The van der Waals surface area contributed by atoms with Crippen LogP contribution in [-0.4, -0.2) is 91.4 Å². The van der Waals surface area contributed by atoms with E-state index in [1.165, 1.54) is 29.7 Å². The minimum absolute atomic E-state index is 0.0249. The highest BCUT2D eigenvalue weighted by Gasteiger charge is 2.45. The van der Waals surface area contributed by atoms with Gasteiger partial charge in [-0.15, -0.1) is 0 Å². The number of benzene rings is 2. The fraction of sp³-hybridized carbons (Fsp3) is 0.472. The van der Waals surface area contributed by atoms with Gasteiger partial charge in [0.05, 0.1) is 33.5 Å². The Balaban J connectivity index is 1.14. The van der Waals surface area contributed by atoms with Crippen molar-refractivity contribution >= 4 is 48.0 Å². The molecule has 2 unspecified atom stereocenters. The second-order valence-corrected chi connectivity index (χ2v) is 19.6. The summed E-state index contributed by atoms with van der Waals surface area (Å²) in [6.07, 6.45) is 4.60. The predicted octanol–water partition coefficient (Wildman–Crippen LogP) is 6.71. The fourth-order valence-corrected chi connectivity index (χ4v) is 12.1. The van der Waals surface area contributed by atoms with E-state index in [1.807, 2.05) is 4.72 Å². The van der Waals surface area contributed by atoms with Crippen molar-refractivity contribution in [1.82, 2.24) is 19.9 Å². The number of piperazine rings is 1. The maximum atomic E-state index is 16.6. The zero-order valence-corrected chi connectivity index (χ0v) is 31.8. The number of likely N-dealkylation sites (tertiary alicyclic amines) is 1. The van der Waals surface area contributed by atoms with Crippen molar-refractivity contribution < 1.29 is 38.8 Å². The van der Waals surface area contributed by atoms with Gasteiger partial charge in [-0.3, -0.25) is 9.62 Å². The van der Waals surface area contributed by atoms with Crippen molar-refractivity contribution in [3.05, 3.63) is 66.1 Å². The number of hydrogen-bond donors (Lipinski definition) is 2. The quantitative estimate of drug-likeness (QED) is 0.176. The first-order valence-corrected chi connectivity index (χ1v) is 22.3. The molecule has 4 aliphatic rings. The number of nitrogens with zero attached hydrogens (tertiary/aromatic N) is 5. The lowest BCUT2D eigenvalue weighted by Gasteiger charge is -2.46. The Morgan fingerprint density at radius 2 is 1.49 bits per heavy atom. The number of fused-ring (bicyclic) bond motifs is 2. The third-order valence-corrected chi connectivity index (χ3v) is 15.2. The SMILES string of the molecule is O=S1(=O)CCC(Nc2nccc(-c3sc(N4C5CCC4CN(C4CCC(F)(F)CC4)C5)nc3-c3cccc(NS(=O)(=O)c4c(F)cccc4F)c3F)n2)CC1. The molecule has 19 heteroatoms. The number of halogens is 5. The van der Waals surface area contributed by atoms with E-state index in [9.17, 15) is 34.4 Å². The number of thiazole rings is 1. The van der Waals surface area contributed by atoms with Gasteiger partial charge < -0.3 is 10.2 Å². The standard InChI is InChI=1S/C36H38F5N7O4S3/c37-26-4-2-5-27(38)33(26)55(51,52)46-28-6-1-3-25(30(28)39)31-32(29-11-16-42-34(44-29)43-21-12-17-54(49,50)18-13-21)53-35(45-31)48-23-7-8-24(48)20-47(19-23)22-9-14-36(40,41)15-10-22/h1-6,11,16,21-24,46H,7-10,12-15,17-20H2,(H,42,43,44). The molecule has 2 atom stereocenters. The topological polar surface area (TPSA) is 137 Å². The number of anilines is 3. The zero-order valence-electron chi connectivity index (χ0n) is 29.4. The fourth-order valence-electron chi connectivity index (χ4n) is 8.21. The average molecular weight is 824 g/mol. The summed E-state index contributed by atoms with van der Waals surface area (Å²) in [5.74, 6) is -6.01. The van der Waals surface area contributed by atoms with E-state index >= 15 is 4.39 Å². The highest BCUT2D eigenvalue weighted by Crippen LogP contribution is 2.46. The number of alkyl halides is 2. The van der Waals surface area contributed by atoms with Gasteiger partial charge in [0.1, 0.15) is 21.5 Å². The normalized spacial score (nSPS) is 23.2. The first kappa shape index (κ1) is 38.0. The molecule has 3 saturated heterocycles. The molecule has 55 heavy (non-hydrogen) atoms. The summed E-state index contributed by atoms with van der Waals surface area (Å²) in [6.45, 7) is 1.32. The molecule has 0 amide bonds. The van der Waals surface area contributed by atoms with Gasteiger partial charge in [-0.2, -0.15) is 0 Å². The molecule has 4 aromatic rings. The van der Waals surface area contributed by atoms with Crippen LogP contribution in [0.25, 0.3) is 21.8 Å². The maximum absolute atomic E-state index is 16.6. The molecule has 2 aromatic carbocycles. The molecule has 2 bridgehead atoms. The van der Waals surface area contributed by atoms with E-state index in [-0.39, 0.29) is 65.7 Å². The summed E-state index contributed by atoms with van der Waals surface area (Å²) in [5.41, 5.74) is -0.107. The van der Waals surface area contributed by atoms with Gasteiger partial charge in [-0.05, 0) is 68.9 Å². The van der Waals surface area contributed by atoms with Crippen molar-refractivity contribution in [2.24, 2.45) is 0 Å². The molecular weight excluding hydrogens is 786 g/mol. The highest BCUT2D eigenvalue weighted by molar-refractivity contribution is 7.92. The summed E-state index contributed by atoms with van der Waals surface area (Å²) in [7, 11) is -8.01. The first-order valence-electron chi connectivity index (χ1n) is 18.1. The molecule has 4 fully saturated rings. The Hall–Kier alpha value is -3.94. The average Bonchev–Trinajstić information content (AvgIpc) is 3.67. The molecule has 0 radical (unpaired) electrons. The zero-order chi connectivity index (χ0) is 38.7. The van der Waals surface area contributed by atoms with Crippen LogP contribution in [0.4, 0.5) is 38.7 Å².